The van der Waals surface area contributed by atoms with Gasteiger partial charge in [-0.1, -0.05) is 6.07 Å². The van der Waals surface area contributed by atoms with E-state index in [4.69, 9.17) is 5.11 Å². The summed E-state index contributed by atoms with van der Waals surface area (Å²) in [6.07, 6.45) is 2.92. The zero-order valence-electron chi connectivity index (χ0n) is 7.53. The quantitative estimate of drug-likeness (QED) is 0.710. The molecule has 1 aromatic rings. The molecule has 0 unspecified atom stereocenters. The molecule has 0 saturated heterocycles. The molecule has 0 aromatic heterocycles. The Morgan fingerprint density at radius 3 is 2.79 bits per heavy atom. The first kappa shape index (κ1) is 8.81. The fourth-order valence-electron chi connectivity index (χ4n) is 1.64. The summed E-state index contributed by atoms with van der Waals surface area (Å²) in [5, 5.41) is 18.0. The van der Waals surface area contributed by atoms with Crippen molar-refractivity contribution in [1.29, 1.82) is 0 Å². The van der Waals surface area contributed by atoms with E-state index in [0.717, 1.165) is 17.5 Å². The van der Waals surface area contributed by atoms with E-state index in [1.807, 2.05) is 6.07 Å². The van der Waals surface area contributed by atoms with Gasteiger partial charge >= 0.3 is 5.97 Å². The average Bonchev–Trinajstić information content (AvgIpc) is 2.16. The fraction of sp³-hybridized carbons (Fsp3) is 0.182. The van der Waals surface area contributed by atoms with Crippen LogP contribution in [0.2, 0.25) is 0 Å². The van der Waals surface area contributed by atoms with Gasteiger partial charge in [0.25, 0.3) is 0 Å². The van der Waals surface area contributed by atoms with Crippen molar-refractivity contribution in [3.63, 3.8) is 0 Å². The maximum absolute atomic E-state index is 10.7. The van der Waals surface area contributed by atoms with Gasteiger partial charge in [-0.3, -0.25) is 0 Å². The molecule has 0 bridgehead atoms. The van der Waals surface area contributed by atoms with E-state index in [9.17, 15) is 9.90 Å². The molecule has 2 rings (SSSR count). The van der Waals surface area contributed by atoms with Crippen molar-refractivity contribution >= 4 is 12.0 Å². The minimum absolute atomic E-state index is 0.173. The number of carboxylic acid groups (broad SMARTS) is 1. The lowest BCUT2D eigenvalue weighted by Gasteiger charge is -2.13. The Morgan fingerprint density at radius 2 is 2.07 bits per heavy atom. The molecule has 2 N–H and O–H groups in total. The number of phenols is 1. The molecule has 14 heavy (non-hydrogen) atoms. The highest BCUT2D eigenvalue weighted by atomic mass is 16.4. The van der Waals surface area contributed by atoms with E-state index >= 15 is 0 Å². The number of phenolic OH excluding ortho intramolecular Hbond substituents is 1. The molecule has 0 atom stereocenters. The molecule has 1 aliphatic rings. The lowest BCUT2D eigenvalue weighted by atomic mass is 9.92. The predicted octanol–water partition coefficient (Wildman–Crippen LogP) is 1.81. The standard InChI is InChI=1S/C11H10O3/c12-10-4-3-7-1-2-8(11(13)14)5-9(7)6-10/h3-6,12H,1-2H2,(H,13,14). The third kappa shape index (κ3) is 1.48. The van der Waals surface area contributed by atoms with Gasteiger partial charge in [-0.2, -0.15) is 0 Å². The average molecular weight is 190 g/mol. The molecule has 0 spiro atoms. The second kappa shape index (κ2) is 3.18. The smallest absolute Gasteiger partial charge is 0.331 e. The molecular weight excluding hydrogens is 180 g/mol. The van der Waals surface area contributed by atoms with Crippen LogP contribution in [-0.2, 0) is 11.2 Å². The summed E-state index contributed by atoms with van der Waals surface area (Å²) in [4.78, 5) is 10.7. The van der Waals surface area contributed by atoms with Gasteiger partial charge in [-0.05, 0) is 42.2 Å². The minimum Gasteiger partial charge on any atom is -0.508 e. The molecule has 72 valence electrons. The van der Waals surface area contributed by atoms with Gasteiger partial charge in [0.05, 0.1) is 0 Å². The van der Waals surface area contributed by atoms with Gasteiger partial charge in [0.2, 0.25) is 0 Å². The maximum Gasteiger partial charge on any atom is 0.331 e. The summed E-state index contributed by atoms with van der Waals surface area (Å²) in [7, 11) is 0. The highest BCUT2D eigenvalue weighted by molar-refractivity contribution is 5.93. The Kier molecular flexibility index (Phi) is 2.00. The van der Waals surface area contributed by atoms with Crippen molar-refractivity contribution in [3.05, 3.63) is 34.9 Å². The van der Waals surface area contributed by atoms with E-state index in [2.05, 4.69) is 0 Å². The summed E-state index contributed by atoms with van der Waals surface area (Å²) in [5.74, 6) is -0.703. The number of rotatable bonds is 1. The largest absolute Gasteiger partial charge is 0.508 e. The second-order valence-electron chi connectivity index (χ2n) is 3.36. The van der Waals surface area contributed by atoms with Crippen LogP contribution in [0.15, 0.2) is 23.8 Å². The SMILES string of the molecule is O=C(O)C1=Cc2cc(O)ccc2CC1. The normalized spacial score (nSPS) is 14.4. The van der Waals surface area contributed by atoms with E-state index in [1.54, 1.807) is 18.2 Å². The number of benzene rings is 1. The van der Waals surface area contributed by atoms with Crippen LogP contribution < -0.4 is 0 Å². The first-order chi connectivity index (χ1) is 6.66. The van der Waals surface area contributed by atoms with Gasteiger partial charge in [-0.15, -0.1) is 0 Å². The van der Waals surface area contributed by atoms with Crippen molar-refractivity contribution in [1.82, 2.24) is 0 Å². The predicted molar refractivity (Wildman–Crippen MR) is 52.0 cm³/mol. The summed E-state index contributed by atoms with van der Waals surface area (Å²) < 4.78 is 0. The third-order valence-electron chi connectivity index (χ3n) is 2.40. The van der Waals surface area contributed by atoms with Crippen molar-refractivity contribution in [2.45, 2.75) is 12.8 Å². The molecular formula is C11H10O3. The number of aryl methyl sites for hydroxylation is 1. The Hall–Kier alpha value is -1.77. The number of carbonyl (C=O) groups is 1. The number of aromatic hydroxyl groups is 1. The molecule has 0 radical (unpaired) electrons. The van der Waals surface area contributed by atoms with Crippen molar-refractivity contribution in [3.8, 4) is 5.75 Å². The molecule has 0 aliphatic heterocycles. The molecule has 0 fully saturated rings. The first-order valence-electron chi connectivity index (χ1n) is 4.42. The highest BCUT2D eigenvalue weighted by Crippen LogP contribution is 2.26. The van der Waals surface area contributed by atoms with Crippen LogP contribution in [0.5, 0.6) is 5.75 Å². The molecule has 0 heterocycles. The monoisotopic (exact) mass is 190 g/mol. The molecule has 3 nitrogen and oxygen atoms in total. The highest BCUT2D eigenvalue weighted by Gasteiger charge is 2.15. The van der Waals surface area contributed by atoms with Crippen molar-refractivity contribution < 1.29 is 15.0 Å². The second-order valence-corrected chi connectivity index (χ2v) is 3.36. The van der Waals surface area contributed by atoms with Gasteiger partial charge in [0.1, 0.15) is 5.75 Å². The molecule has 1 aromatic carbocycles. The lowest BCUT2D eigenvalue weighted by molar-refractivity contribution is -0.132. The van der Waals surface area contributed by atoms with Gasteiger partial charge in [0, 0.05) is 5.57 Å². The summed E-state index contributed by atoms with van der Waals surface area (Å²) in [6.45, 7) is 0. The number of hydrogen-bond acceptors (Lipinski definition) is 2. The van der Waals surface area contributed by atoms with Crippen LogP contribution in [-0.4, -0.2) is 16.2 Å². The van der Waals surface area contributed by atoms with Crippen LogP contribution in [0.4, 0.5) is 0 Å². The summed E-state index contributed by atoms with van der Waals surface area (Å²) in [5.41, 5.74) is 2.31. The summed E-state index contributed by atoms with van der Waals surface area (Å²) >= 11 is 0. The van der Waals surface area contributed by atoms with Crippen LogP contribution in [0.1, 0.15) is 17.5 Å². The Labute approximate surface area is 81.3 Å². The topological polar surface area (TPSA) is 57.5 Å². The van der Waals surface area contributed by atoms with Crippen LogP contribution in [0.3, 0.4) is 0 Å². The van der Waals surface area contributed by atoms with Gasteiger partial charge < -0.3 is 10.2 Å². The zero-order chi connectivity index (χ0) is 10.1. The van der Waals surface area contributed by atoms with Crippen molar-refractivity contribution in [2.75, 3.05) is 0 Å². The molecule has 0 amide bonds. The Balaban J connectivity index is 2.47. The number of fused-ring (bicyclic) bond motifs is 1. The van der Waals surface area contributed by atoms with Crippen molar-refractivity contribution in [2.24, 2.45) is 0 Å². The molecule has 3 heteroatoms. The summed E-state index contributed by atoms with van der Waals surface area (Å²) in [6, 6.07) is 5.05. The van der Waals surface area contributed by atoms with Crippen LogP contribution in [0.25, 0.3) is 6.08 Å². The number of hydrogen-bond donors (Lipinski definition) is 2. The molecule has 1 aliphatic carbocycles. The minimum atomic E-state index is -0.876. The van der Waals surface area contributed by atoms with E-state index in [0.29, 0.717) is 12.0 Å². The number of aliphatic carboxylic acids is 1. The third-order valence-corrected chi connectivity index (χ3v) is 2.40. The number of carboxylic acids is 1. The Morgan fingerprint density at radius 1 is 1.29 bits per heavy atom. The zero-order valence-corrected chi connectivity index (χ0v) is 7.53. The molecule has 0 saturated carbocycles. The van der Waals surface area contributed by atoms with E-state index in [1.165, 1.54) is 0 Å². The van der Waals surface area contributed by atoms with Crippen LogP contribution >= 0.6 is 0 Å². The van der Waals surface area contributed by atoms with Gasteiger partial charge in [-0.25, -0.2) is 4.79 Å². The van der Waals surface area contributed by atoms with Crippen LogP contribution in [0, 0.1) is 0 Å². The Bertz CT molecular complexity index is 419. The van der Waals surface area contributed by atoms with E-state index < -0.39 is 5.97 Å². The fourth-order valence-corrected chi connectivity index (χ4v) is 1.64. The first-order valence-corrected chi connectivity index (χ1v) is 4.42. The van der Waals surface area contributed by atoms with E-state index in [-0.39, 0.29) is 5.75 Å². The lowest BCUT2D eigenvalue weighted by Crippen LogP contribution is -2.06. The maximum atomic E-state index is 10.7. The van der Waals surface area contributed by atoms with Gasteiger partial charge in [0.15, 0.2) is 0 Å².